The number of halogens is 1. The Morgan fingerprint density at radius 1 is 1.14 bits per heavy atom. The molecule has 0 bridgehead atoms. The molecule has 2 aromatic rings. The molecule has 1 amide bonds. The maximum atomic E-state index is 13.1. The first-order chi connectivity index (χ1) is 13.8. The fourth-order valence-corrected chi connectivity index (χ4v) is 3.91. The molecule has 2 aromatic carbocycles. The van der Waals surface area contributed by atoms with Gasteiger partial charge in [-0.3, -0.25) is 4.79 Å². The first-order valence-corrected chi connectivity index (χ1v) is 10.2. The van der Waals surface area contributed by atoms with Crippen molar-refractivity contribution >= 4 is 23.5 Å². The van der Waals surface area contributed by atoms with Crippen LogP contribution in [0.3, 0.4) is 0 Å². The van der Waals surface area contributed by atoms with E-state index in [1.807, 2.05) is 70.2 Å². The van der Waals surface area contributed by atoms with Gasteiger partial charge in [-0.25, -0.2) is 4.79 Å². The predicted molar refractivity (Wildman–Crippen MR) is 114 cm³/mol. The normalized spacial score (nSPS) is 17.1. The Morgan fingerprint density at radius 2 is 1.79 bits per heavy atom. The maximum Gasteiger partial charge on any atom is 0.336 e. The predicted octanol–water partition coefficient (Wildman–Crippen LogP) is 5.39. The van der Waals surface area contributed by atoms with Gasteiger partial charge in [-0.2, -0.15) is 0 Å². The number of nitrogens with zero attached hydrogens (tertiary/aromatic N) is 1. The zero-order chi connectivity index (χ0) is 21.1. The minimum atomic E-state index is -0.420. The van der Waals surface area contributed by atoms with E-state index in [1.54, 1.807) is 11.0 Å². The third-order valence-corrected chi connectivity index (χ3v) is 5.47. The second-order valence-corrected chi connectivity index (χ2v) is 8.10. The molecule has 0 aliphatic carbocycles. The standard InChI is InChI=1S/C24H26ClNO3/c1-15(2)29-24(28)23-17(4)26(14-18-11-9-16(3)10-12-18)22(27)13-20(23)19-7-5-6-8-21(19)25/h5-12,15,20H,13-14H2,1-4H3/t20-/m0/s1. The average molecular weight is 412 g/mol. The summed E-state index contributed by atoms with van der Waals surface area (Å²) in [7, 11) is 0. The Labute approximate surface area is 177 Å². The number of hydrogen-bond donors (Lipinski definition) is 0. The molecule has 0 aromatic heterocycles. The van der Waals surface area contributed by atoms with Crippen molar-refractivity contribution in [2.45, 2.75) is 52.7 Å². The van der Waals surface area contributed by atoms with Gasteiger partial charge in [0.05, 0.1) is 18.2 Å². The smallest absolute Gasteiger partial charge is 0.336 e. The minimum absolute atomic E-state index is 0.0332. The topological polar surface area (TPSA) is 46.6 Å². The SMILES string of the molecule is CC1=C(C(=O)OC(C)C)[C@H](c2ccccc2Cl)CC(=O)N1Cc1ccc(C)cc1. The van der Waals surface area contributed by atoms with Crippen LogP contribution < -0.4 is 0 Å². The monoisotopic (exact) mass is 411 g/mol. The molecule has 1 heterocycles. The van der Waals surface area contributed by atoms with E-state index in [9.17, 15) is 9.59 Å². The Morgan fingerprint density at radius 3 is 2.41 bits per heavy atom. The second kappa shape index (κ2) is 8.83. The van der Waals surface area contributed by atoms with Crippen LogP contribution in [0.4, 0.5) is 0 Å². The molecule has 0 N–H and O–H groups in total. The van der Waals surface area contributed by atoms with Gasteiger partial charge in [-0.15, -0.1) is 0 Å². The van der Waals surface area contributed by atoms with Crippen molar-refractivity contribution in [3.05, 3.63) is 81.5 Å². The van der Waals surface area contributed by atoms with Gasteiger partial charge in [0.25, 0.3) is 0 Å². The molecule has 3 rings (SSSR count). The van der Waals surface area contributed by atoms with Crippen LogP contribution in [0.2, 0.25) is 5.02 Å². The van der Waals surface area contributed by atoms with Gasteiger partial charge in [0.1, 0.15) is 0 Å². The number of carbonyl (C=O) groups is 2. The van der Waals surface area contributed by atoms with E-state index in [2.05, 4.69) is 0 Å². The number of ether oxygens (including phenoxy) is 1. The van der Waals surface area contributed by atoms with Crippen LogP contribution in [0.25, 0.3) is 0 Å². The highest BCUT2D eigenvalue weighted by molar-refractivity contribution is 6.31. The number of allylic oxidation sites excluding steroid dienone is 1. The van der Waals surface area contributed by atoms with E-state index >= 15 is 0 Å². The third kappa shape index (κ3) is 4.70. The molecule has 5 heteroatoms. The molecule has 0 saturated carbocycles. The van der Waals surface area contributed by atoms with Gasteiger partial charge in [-0.05, 0) is 44.9 Å². The highest BCUT2D eigenvalue weighted by atomic mass is 35.5. The summed E-state index contributed by atoms with van der Waals surface area (Å²) >= 11 is 6.41. The van der Waals surface area contributed by atoms with Crippen LogP contribution in [-0.4, -0.2) is 22.9 Å². The van der Waals surface area contributed by atoms with Crippen LogP contribution in [0, 0.1) is 6.92 Å². The van der Waals surface area contributed by atoms with Crippen molar-refractivity contribution < 1.29 is 14.3 Å². The Bertz CT molecular complexity index is 947. The summed E-state index contributed by atoms with van der Waals surface area (Å²) in [6, 6.07) is 15.4. The average Bonchev–Trinajstić information content (AvgIpc) is 2.66. The zero-order valence-electron chi connectivity index (χ0n) is 17.2. The number of rotatable bonds is 5. The zero-order valence-corrected chi connectivity index (χ0v) is 18.0. The highest BCUT2D eigenvalue weighted by Crippen LogP contribution is 2.40. The van der Waals surface area contributed by atoms with Gasteiger partial charge >= 0.3 is 5.97 Å². The van der Waals surface area contributed by atoms with Crippen molar-refractivity contribution in [1.29, 1.82) is 0 Å². The first-order valence-electron chi connectivity index (χ1n) is 9.80. The Balaban J connectivity index is 2.04. The second-order valence-electron chi connectivity index (χ2n) is 7.70. The van der Waals surface area contributed by atoms with Crippen LogP contribution in [-0.2, 0) is 20.9 Å². The fourth-order valence-electron chi connectivity index (χ4n) is 3.64. The molecule has 0 spiro atoms. The van der Waals surface area contributed by atoms with Crippen LogP contribution >= 0.6 is 11.6 Å². The molecule has 0 radical (unpaired) electrons. The van der Waals surface area contributed by atoms with Gasteiger partial charge < -0.3 is 9.64 Å². The summed E-state index contributed by atoms with van der Waals surface area (Å²) in [4.78, 5) is 27.7. The maximum absolute atomic E-state index is 13.1. The van der Waals surface area contributed by atoms with E-state index in [4.69, 9.17) is 16.3 Å². The minimum Gasteiger partial charge on any atom is -0.460 e. The first kappa shape index (κ1) is 21.1. The largest absolute Gasteiger partial charge is 0.460 e. The quantitative estimate of drug-likeness (QED) is 0.619. The lowest BCUT2D eigenvalue weighted by molar-refractivity contribution is -0.143. The summed E-state index contributed by atoms with van der Waals surface area (Å²) in [6.45, 7) is 7.88. The number of amides is 1. The molecular weight excluding hydrogens is 386 g/mol. The van der Waals surface area contributed by atoms with Gasteiger partial charge in [0.15, 0.2) is 0 Å². The fraction of sp³-hybridized carbons (Fsp3) is 0.333. The number of carbonyl (C=O) groups excluding carboxylic acids is 2. The molecule has 0 saturated heterocycles. The number of esters is 1. The van der Waals surface area contributed by atoms with Crippen molar-refractivity contribution in [2.24, 2.45) is 0 Å². The van der Waals surface area contributed by atoms with Crippen molar-refractivity contribution in [1.82, 2.24) is 4.90 Å². The molecule has 1 aliphatic rings. The van der Waals surface area contributed by atoms with Crippen LogP contribution in [0.1, 0.15) is 49.8 Å². The highest BCUT2D eigenvalue weighted by Gasteiger charge is 2.37. The summed E-state index contributed by atoms with van der Waals surface area (Å²) in [5.74, 6) is -0.852. The van der Waals surface area contributed by atoms with Gasteiger partial charge in [-0.1, -0.05) is 59.6 Å². The number of hydrogen-bond acceptors (Lipinski definition) is 3. The summed E-state index contributed by atoms with van der Waals surface area (Å²) in [5.41, 5.74) is 4.06. The van der Waals surface area contributed by atoms with E-state index in [0.717, 1.165) is 16.7 Å². The molecule has 0 unspecified atom stereocenters. The Kier molecular flexibility index (Phi) is 6.43. The van der Waals surface area contributed by atoms with Crippen molar-refractivity contribution in [3.63, 3.8) is 0 Å². The lowest BCUT2D eigenvalue weighted by Crippen LogP contribution is -2.38. The van der Waals surface area contributed by atoms with Gasteiger partial charge in [0.2, 0.25) is 5.91 Å². The Hall–Kier alpha value is -2.59. The summed E-state index contributed by atoms with van der Waals surface area (Å²) in [5, 5.41) is 0.542. The van der Waals surface area contributed by atoms with Crippen LogP contribution in [0.15, 0.2) is 59.8 Å². The molecular formula is C24H26ClNO3. The summed E-state index contributed by atoms with van der Waals surface area (Å²) < 4.78 is 5.52. The molecule has 29 heavy (non-hydrogen) atoms. The molecule has 1 aliphatic heterocycles. The van der Waals surface area contributed by atoms with E-state index in [0.29, 0.717) is 22.8 Å². The number of benzene rings is 2. The lowest BCUT2D eigenvalue weighted by atomic mass is 9.83. The molecule has 152 valence electrons. The third-order valence-electron chi connectivity index (χ3n) is 5.13. The summed E-state index contributed by atoms with van der Waals surface area (Å²) in [6.07, 6.45) is -0.0759. The lowest BCUT2D eigenvalue weighted by Gasteiger charge is -2.35. The molecule has 4 nitrogen and oxygen atoms in total. The molecule has 1 atom stereocenters. The van der Waals surface area contributed by atoms with Crippen molar-refractivity contribution in [2.75, 3.05) is 0 Å². The van der Waals surface area contributed by atoms with Crippen molar-refractivity contribution in [3.8, 4) is 0 Å². The number of aryl methyl sites for hydroxylation is 1. The molecule has 0 fully saturated rings. The van der Waals surface area contributed by atoms with Crippen LogP contribution in [0.5, 0.6) is 0 Å². The van der Waals surface area contributed by atoms with E-state index in [1.165, 1.54) is 0 Å². The van der Waals surface area contributed by atoms with E-state index in [-0.39, 0.29) is 18.4 Å². The van der Waals surface area contributed by atoms with E-state index < -0.39 is 11.9 Å². The van der Waals surface area contributed by atoms with Gasteiger partial charge in [0, 0.05) is 23.1 Å².